The van der Waals surface area contributed by atoms with Crippen LogP contribution in [0.3, 0.4) is 0 Å². The van der Waals surface area contributed by atoms with E-state index in [9.17, 15) is 9.59 Å². The second-order valence-electron chi connectivity index (χ2n) is 5.14. The molecule has 0 fully saturated rings. The Balaban J connectivity index is 1.74. The Hall–Kier alpha value is -2.62. The Morgan fingerprint density at radius 1 is 0.909 bits per heavy atom. The zero-order chi connectivity index (χ0) is 15.8. The topological polar surface area (TPSA) is 58.2 Å². The van der Waals surface area contributed by atoms with Gasteiger partial charge in [0.25, 0.3) is 0 Å². The first kappa shape index (κ1) is 15.8. The SMILES string of the molecule is C[C@H](NC(=O)CNC(=O)Cc1ccccc1)c1ccccc1. The summed E-state index contributed by atoms with van der Waals surface area (Å²) in [6, 6.07) is 19.1. The number of hydrogen-bond acceptors (Lipinski definition) is 2. The lowest BCUT2D eigenvalue weighted by Crippen LogP contribution is -2.38. The molecule has 2 aromatic carbocycles. The highest BCUT2D eigenvalue weighted by atomic mass is 16.2. The minimum Gasteiger partial charge on any atom is -0.348 e. The third-order valence-corrected chi connectivity index (χ3v) is 3.33. The quantitative estimate of drug-likeness (QED) is 0.859. The molecule has 0 saturated heterocycles. The van der Waals surface area contributed by atoms with E-state index >= 15 is 0 Å². The second kappa shape index (κ2) is 7.98. The number of amides is 2. The van der Waals surface area contributed by atoms with Gasteiger partial charge in [0.15, 0.2) is 0 Å². The van der Waals surface area contributed by atoms with E-state index < -0.39 is 0 Å². The minimum absolute atomic E-state index is 0.0111. The van der Waals surface area contributed by atoms with Crippen molar-refractivity contribution < 1.29 is 9.59 Å². The Labute approximate surface area is 130 Å². The van der Waals surface area contributed by atoms with E-state index in [1.54, 1.807) is 0 Å². The molecule has 2 rings (SSSR count). The van der Waals surface area contributed by atoms with Gasteiger partial charge < -0.3 is 10.6 Å². The van der Waals surface area contributed by atoms with Crippen LogP contribution < -0.4 is 10.6 Å². The molecule has 22 heavy (non-hydrogen) atoms. The van der Waals surface area contributed by atoms with Gasteiger partial charge in [-0.1, -0.05) is 60.7 Å². The molecule has 0 aromatic heterocycles. The first-order valence-electron chi connectivity index (χ1n) is 7.30. The summed E-state index contributed by atoms with van der Waals surface area (Å²) >= 11 is 0. The number of nitrogens with one attached hydrogen (secondary N) is 2. The highest BCUT2D eigenvalue weighted by Gasteiger charge is 2.10. The van der Waals surface area contributed by atoms with Crippen LogP contribution in [0.4, 0.5) is 0 Å². The van der Waals surface area contributed by atoms with Crippen molar-refractivity contribution in [3.05, 3.63) is 71.8 Å². The molecule has 0 bridgehead atoms. The van der Waals surface area contributed by atoms with Crippen molar-refractivity contribution >= 4 is 11.8 Å². The maximum absolute atomic E-state index is 11.9. The van der Waals surface area contributed by atoms with E-state index in [-0.39, 0.29) is 30.8 Å². The fraction of sp³-hybridized carbons (Fsp3) is 0.222. The number of benzene rings is 2. The van der Waals surface area contributed by atoms with Crippen molar-refractivity contribution in [3.8, 4) is 0 Å². The van der Waals surface area contributed by atoms with Gasteiger partial charge in [-0.25, -0.2) is 0 Å². The van der Waals surface area contributed by atoms with Gasteiger partial charge in [0, 0.05) is 0 Å². The summed E-state index contributed by atoms with van der Waals surface area (Å²) in [6.45, 7) is 1.90. The van der Waals surface area contributed by atoms with Gasteiger partial charge in [0.2, 0.25) is 11.8 Å². The molecule has 0 unspecified atom stereocenters. The predicted octanol–water partition coefficient (Wildman–Crippen LogP) is 2.22. The van der Waals surface area contributed by atoms with Crippen LogP contribution >= 0.6 is 0 Å². The fourth-order valence-corrected chi connectivity index (χ4v) is 2.14. The summed E-state index contributed by atoms with van der Waals surface area (Å²) in [4.78, 5) is 23.6. The lowest BCUT2D eigenvalue weighted by atomic mass is 10.1. The van der Waals surface area contributed by atoms with Crippen LogP contribution in [-0.2, 0) is 16.0 Å². The molecule has 0 aliphatic carbocycles. The number of carbonyl (C=O) groups excluding carboxylic acids is 2. The van der Waals surface area contributed by atoms with Crippen LogP contribution in [0, 0.1) is 0 Å². The Morgan fingerprint density at radius 3 is 2.14 bits per heavy atom. The minimum atomic E-state index is -0.197. The number of rotatable bonds is 6. The highest BCUT2D eigenvalue weighted by Crippen LogP contribution is 2.10. The van der Waals surface area contributed by atoms with E-state index in [0.717, 1.165) is 11.1 Å². The first-order chi connectivity index (χ1) is 10.6. The van der Waals surface area contributed by atoms with Crippen molar-refractivity contribution in [1.29, 1.82) is 0 Å². The van der Waals surface area contributed by atoms with E-state index in [2.05, 4.69) is 10.6 Å². The van der Waals surface area contributed by atoms with Crippen LogP contribution in [-0.4, -0.2) is 18.4 Å². The van der Waals surface area contributed by atoms with Gasteiger partial charge in [0.1, 0.15) is 0 Å². The van der Waals surface area contributed by atoms with Gasteiger partial charge in [-0.3, -0.25) is 9.59 Å². The summed E-state index contributed by atoms with van der Waals surface area (Å²) < 4.78 is 0. The lowest BCUT2D eigenvalue weighted by molar-refractivity contribution is -0.126. The average molecular weight is 296 g/mol. The van der Waals surface area contributed by atoms with Crippen LogP contribution in [0.1, 0.15) is 24.1 Å². The fourth-order valence-electron chi connectivity index (χ4n) is 2.14. The molecule has 0 aliphatic heterocycles. The summed E-state index contributed by atoms with van der Waals surface area (Å²) in [5.74, 6) is -0.355. The molecule has 2 amide bonds. The highest BCUT2D eigenvalue weighted by molar-refractivity contribution is 5.85. The summed E-state index contributed by atoms with van der Waals surface area (Å²) in [5.41, 5.74) is 1.96. The molecule has 2 aromatic rings. The van der Waals surface area contributed by atoms with Gasteiger partial charge in [0.05, 0.1) is 19.0 Å². The Kier molecular flexibility index (Phi) is 5.72. The Morgan fingerprint density at radius 2 is 1.50 bits per heavy atom. The normalized spacial score (nSPS) is 11.5. The summed E-state index contributed by atoms with van der Waals surface area (Å²) in [7, 11) is 0. The van der Waals surface area contributed by atoms with E-state index in [0.29, 0.717) is 0 Å². The molecule has 2 N–H and O–H groups in total. The molecular formula is C18H20N2O2. The molecule has 0 saturated carbocycles. The van der Waals surface area contributed by atoms with Crippen molar-refractivity contribution in [3.63, 3.8) is 0 Å². The smallest absolute Gasteiger partial charge is 0.239 e. The Bertz CT molecular complexity index is 611. The van der Waals surface area contributed by atoms with Crippen LogP contribution in [0.25, 0.3) is 0 Å². The molecule has 0 spiro atoms. The molecule has 4 nitrogen and oxygen atoms in total. The zero-order valence-electron chi connectivity index (χ0n) is 12.6. The van der Waals surface area contributed by atoms with Crippen LogP contribution in [0.5, 0.6) is 0 Å². The lowest BCUT2D eigenvalue weighted by Gasteiger charge is -2.14. The van der Waals surface area contributed by atoms with Crippen molar-refractivity contribution in [2.75, 3.05) is 6.54 Å². The van der Waals surface area contributed by atoms with Crippen molar-refractivity contribution in [2.45, 2.75) is 19.4 Å². The van der Waals surface area contributed by atoms with Crippen molar-refractivity contribution in [2.24, 2.45) is 0 Å². The van der Waals surface area contributed by atoms with E-state index in [1.165, 1.54) is 0 Å². The maximum Gasteiger partial charge on any atom is 0.239 e. The number of hydrogen-bond donors (Lipinski definition) is 2. The van der Waals surface area contributed by atoms with E-state index in [4.69, 9.17) is 0 Å². The monoisotopic (exact) mass is 296 g/mol. The largest absolute Gasteiger partial charge is 0.348 e. The summed E-state index contributed by atoms with van der Waals surface area (Å²) in [6.07, 6.45) is 0.280. The molecular weight excluding hydrogens is 276 g/mol. The molecule has 0 radical (unpaired) electrons. The third kappa shape index (κ3) is 5.05. The zero-order valence-corrected chi connectivity index (χ0v) is 12.6. The van der Waals surface area contributed by atoms with Gasteiger partial charge in [-0.15, -0.1) is 0 Å². The van der Waals surface area contributed by atoms with Crippen molar-refractivity contribution in [1.82, 2.24) is 10.6 Å². The molecule has 0 aliphatic rings. The third-order valence-electron chi connectivity index (χ3n) is 3.33. The van der Waals surface area contributed by atoms with Gasteiger partial charge in [-0.05, 0) is 18.1 Å². The molecule has 0 heterocycles. The van der Waals surface area contributed by atoms with Gasteiger partial charge >= 0.3 is 0 Å². The molecule has 114 valence electrons. The van der Waals surface area contributed by atoms with Crippen LogP contribution in [0.2, 0.25) is 0 Å². The van der Waals surface area contributed by atoms with E-state index in [1.807, 2.05) is 67.6 Å². The maximum atomic E-state index is 11.9. The molecule has 4 heteroatoms. The second-order valence-corrected chi connectivity index (χ2v) is 5.14. The number of carbonyl (C=O) groups is 2. The predicted molar refractivity (Wildman–Crippen MR) is 86.2 cm³/mol. The molecule has 1 atom stereocenters. The average Bonchev–Trinajstić information content (AvgIpc) is 2.55. The first-order valence-corrected chi connectivity index (χ1v) is 7.30. The standard InChI is InChI=1S/C18H20N2O2/c1-14(16-10-6-3-7-11-16)20-18(22)13-19-17(21)12-15-8-4-2-5-9-15/h2-11,14H,12-13H2,1H3,(H,19,21)(H,20,22)/t14-/m0/s1. The van der Waals surface area contributed by atoms with Crippen LogP contribution in [0.15, 0.2) is 60.7 Å². The summed E-state index contributed by atoms with van der Waals surface area (Å²) in [5, 5.41) is 5.50. The van der Waals surface area contributed by atoms with Gasteiger partial charge in [-0.2, -0.15) is 0 Å².